The van der Waals surface area contributed by atoms with Crippen molar-refractivity contribution in [2.75, 3.05) is 11.9 Å². The van der Waals surface area contributed by atoms with Crippen molar-refractivity contribution < 1.29 is 0 Å². The van der Waals surface area contributed by atoms with Crippen molar-refractivity contribution in [1.29, 1.82) is 0 Å². The van der Waals surface area contributed by atoms with Crippen molar-refractivity contribution in [2.45, 2.75) is 40.2 Å². The van der Waals surface area contributed by atoms with Gasteiger partial charge in [0.1, 0.15) is 11.6 Å². The standard InChI is InChI=1S/C14H23N5/c1-6-15-14-12(11(4)17-18(14)5)9-19-8-7-16-13(19)10(2)3/h7-8,10,15H,6,9H2,1-5H3. The molecule has 0 aliphatic heterocycles. The van der Waals surface area contributed by atoms with E-state index < -0.39 is 0 Å². The number of hydrogen-bond acceptors (Lipinski definition) is 3. The molecule has 0 aliphatic rings. The Bertz CT molecular complexity index is 550. The Hall–Kier alpha value is -1.78. The highest BCUT2D eigenvalue weighted by molar-refractivity contribution is 5.47. The third-order valence-electron chi connectivity index (χ3n) is 3.28. The van der Waals surface area contributed by atoms with Crippen LogP contribution in [0.3, 0.4) is 0 Å². The highest BCUT2D eigenvalue weighted by Gasteiger charge is 2.15. The molecule has 0 radical (unpaired) electrons. The molecule has 2 aromatic heterocycles. The number of imidazole rings is 1. The SMILES string of the molecule is CCNc1c(Cn2ccnc2C(C)C)c(C)nn1C. The molecule has 0 aromatic carbocycles. The van der Waals surface area contributed by atoms with E-state index >= 15 is 0 Å². The van der Waals surface area contributed by atoms with Crippen LogP contribution in [0.4, 0.5) is 5.82 Å². The van der Waals surface area contributed by atoms with Crippen molar-refractivity contribution in [3.05, 3.63) is 29.5 Å². The van der Waals surface area contributed by atoms with Gasteiger partial charge in [0.2, 0.25) is 0 Å². The third kappa shape index (κ3) is 2.64. The van der Waals surface area contributed by atoms with Crippen LogP contribution in [0.1, 0.15) is 43.8 Å². The van der Waals surface area contributed by atoms with Gasteiger partial charge in [-0.15, -0.1) is 0 Å². The van der Waals surface area contributed by atoms with E-state index in [-0.39, 0.29) is 0 Å². The molecule has 2 aromatic rings. The van der Waals surface area contributed by atoms with Crippen molar-refractivity contribution in [3.63, 3.8) is 0 Å². The van der Waals surface area contributed by atoms with E-state index in [0.29, 0.717) is 5.92 Å². The summed E-state index contributed by atoms with van der Waals surface area (Å²) in [5.74, 6) is 2.64. The lowest BCUT2D eigenvalue weighted by atomic mass is 10.2. The zero-order chi connectivity index (χ0) is 14.0. The number of aryl methyl sites for hydroxylation is 2. The lowest BCUT2D eigenvalue weighted by Crippen LogP contribution is -2.10. The molecule has 0 fully saturated rings. The second-order valence-corrected chi connectivity index (χ2v) is 5.13. The third-order valence-corrected chi connectivity index (χ3v) is 3.28. The molecule has 19 heavy (non-hydrogen) atoms. The Kier molecular flexibility index (Phi) is 3.93. The van der Waals surface area contributed by atoms with E-state index in [2.05, 4.69) is 47.7 Å². The molecular weight excluding hydrogens is 238 g/mol. The van der Waals surface area contributed by atoms with E-state index in [1.165, 1.54) is 5.56 Å². The summed E-state index contributed by atoms with van der Waals surface area (Å²) >= 11 is 0. The second-order valence-electron chi connectivity index (χ2n) is 5.13. The minimum Gasteiger partial charge on any atom is -0.370 e. The van der Waals surface area contributed by atoms with Gasteiger partial charge in [-0.05, 0) is 13.8 Å². The van der Waals surface area contributed by atoms with Gasteiger partial charge in [0, 0.05) is 37.5 Å². The Morgan fingerprint density at radius 3 is 2.74 bits per heavy atom. The second kappa shape index (κ2) is 5.47. The fourth-order valence-corrected chi connectivity index (χ4v) is 2.41. The molecule has 2 heterocycles. The summed E-state index contributed by atoms with van der Waals surface area (Å²) in [6.45, 7) is 10.2. The monoisotopic (exact) mass is 261 g/mol. The van der Waals surface area contributed by atoms with Crippen LogP contribution in [0, 0.1) is 6.92 Å². The van der Waals surface area contributed by atoms with Crippen LogP contribution in [0.25, 0.3) is 0 Å². The summed E-state index contributed by atoms with van der Waals surface area (Å²) in [4.78, 5) is 4.44. The smallest absolute Gasteiger partial charge is 0.129 e. The highest BCUT2D eigenvalue weighted by atomic mass is 15.3. The average Bonchev–Trinajstić information content (AvgIpc) is 2.90. The predicted octanol–water partition coefficient (Wildman–Crippen LogP) is 2.53. The van der Waals surface area contributed by atoms with Crippen molar-refractivity contribution in [2.24, 2.45) is 7.05 Å². The van der Waals surface area contributed by atoms with Crippen LogP contribution < -0.4 is 5.32 Å². The molecule has 104 valence electrons. The van der Waals surface area contributed by atoms with Crippen LogP contribution in [0.15, 0.2) is 12.4 Å². The van der Waals surface area contributed by atoms with Gasteiger partial charge < -0.3 is 9.88 Å². The van der Waals surface area contributed by atoms with Gasteiger partial charge in [0.25, 0.3) is 0 Å². The Balaban J connectivity index is 2.35. The lowest BCUT2D eigenvalue weighted by Gasteiger charge is -2.12. The molecule has 0 atom stereocenters. The Morgan fingerprint density at radius 1 is 1.37 bits per heavy atom. The van der Waals surface area contributed by atoms with E-state index in [1.54, 1.807) is 0 Å². The van der Waals surface area contributed by atoms with E-state index in [9.17, 15) is 0 Å². The number of nitrogens with one attached hydrogen (secondary N) is 1. The number of hydrogen-bond donors (Lipinski definition) is 1. The summed E-state index contributed by atoms with van der Waals surface area (Å²) in [5, 5.41) is 7.90. The van der Waals surface area contributed by atoms with Crippen molar-refractivity contribution in [3.8, 4) is 0 Å². The summed E-state index contributed by atoms with van der Waals surface area (Å²) in [6.07, 6.45) is 3.91. The Morgan fingerprint density at radius 2 is 2.11 bits per heavy atom. The number of rotatable bonds is 5. The first-order valence-corrected chi connectivity index (χ1v) is 6.82. The summed E-state index contributed by atoms with van der Waals surface area (Å²) in [7, 11) is 1.98. The topological polar surface area (TPSA) is 47.7 Å². The molecule has 0 amide bonds. The molecule has 0 saturated carbocycles. The van der Waals surface area contributed by atoms with Crippen molar-refractivity contribution in [1.82, 2.24) is 19.3 Å². The van der Waals surface area contributed by atoms with Gasteiger partial charge in [-0.2, -0.15) is 5.10 Å². The van der Waals surface area contributed by atoms with E-state index in [1.807, 2.05) is 24.1 Å². The first-order chi connectivity index (χ1) is 9.04. The maximum absolute atomic E-state index is 4.51. The lowest BCUT2D eigenvalue weighted by molar-refractivity contribution is 0.668. The van der Waals surface area contributed by atoms with Crippen LogP contribution in [-0.2, 0) is 13.6 Å². The van der Waals surface area contributed by atoms with Crippen molar-refractivity contribution >= 4 is 5.82 Å². The maximum Gasteiger partial charge on any atom is 0.129 e. The molecular formula is C14H23N5. The minimum absolute atomic E-state index is 0.426. The molecule has 0 spiro atoms. The molecule has 2 rings (SSSR count). The fraction of sp³-hybridized carbons (Fsp3) is 0.571. The summed E-state index contributed by atoms with van der Waals surface area (Å²) in [5.41, 5.74) is 2.31. The quantitative estimate of drug-likeness (QED) is 0.899. The molecule has 0 bridgehead atoms. The number of nitrogens with zero attached hydrogens (tertiary/aromatic N) is 4. The van der Waals surface area contributed by atoms with Crippen LogP contribution >= 0.6 is 0 Å². The van der Waals surface area contributed by atoms with Gasteiger partial charge in [0.05, 0.1) is 12.2 Å². The first-order valence-electron chi connectivity index (χ1n) is 6.82. The van der Waals surface area contributed by atoms with E-state index in [0.717, 1.165) is 30.4 Å². The molecule has 0 aliphatic carbocycles. The van der Waals surface area contributed by atoms with Gasteiger partial charge in [-0.3, -0.25) is 4.68 Å². The molecule has 5 nitrogen and oxygen atoms in total. The first kappa shape index (κ1) is 13.6. The van der Waals surface area contributed by atoms with Gasteiger partial charge in [-0.1, -0.05) is 13.8 Å². The number of aromatic nitrogens is 4. The number of anilines is 1. The van der Waals surface area contributed by atoms with Gasteiger partial charge >= 0.3 is 0 Å². The van der Waals surface area contributed by atoms with Crippen LogP contribution in [0.2, 0.25) is 0 Å². The molecule has 0 saturated heterocycles. The molecule has 1 N–H and O–H groups in total. The van der Waals surface area contributed by atoms with Crippen LogP contribution in [-0.4, -0.2) is 25.9 Å². The largest absolute Gasteiger partial charge is 0.370 e. The fourth-order valence-electron chi connectivity index (χ4n) is 2.41. The average molecular weight is 261 g/mol. The molecule has 0 unspecified atom stereocenters. The highest BCUT2D eigenvalue weighted by Crippen LogP contribution is 2.22. The van der Waals surface area contributed by atoms with Gasteiger partial charge in [-0.25, -0.2) is 4.98 Å². The molecule has 5 heteroatoms. The minimum atomic E-state index is 0.426. The summed E-state index contributed by atoms with van der Waals surface area (Å²) in [6, 6.07) is 0. The van der Waals surface area contributed by atoms with Gasteiger partial charge in [0.15, 0.2) is 0 Å². The van der Waals surface area contributed by atoms with E-state index in [4.69, 9.17) is 0 Å². The predicted molar refractivity (Wildman–Crippen MR) is 77.5 cm³/mol. The van der Waals surface area contributed by atoms with Crippen LogP contribution in [0.5, 0.6) is 0 Å². The Labute approximate surface area is 114 Å². The zero-order valence-corrected chi connectivity index (χ0v) is 12.4. The zero-order valence-electron chi connectivity index (χ0n) is 12.4. The normalized spacial score (nSPS) is 11.3. The maximum atomic E-state index is 4.51. The summed E-state index contributed by atoms with van der Waals surface area (Å²) < 4.78 is 4.12.